The monoisotopic (exact) mass is 293 g/mol. The highest BCUT2D eigenvalue weighted by molar-refractivity contribution is 5.28. The van der Waals surface area contributed by atoms with Crippen LogP contribution in [0, 0.1) is 11.8 Å². The number of aliphatic hydroxyl groups excluding tert-OH is 1. The third kappa shape index (κ3) is 7.49. The Morgan fingerprint density at radius 2 is 1.76 bits per heavy atom. The molecule has 0 fully saturated rings. The SMILES string of the molecule is CC(C)COc1ccc(C(C)NCCCC(C)CO)cc1. The third-order valence-corrected chi connectivity index (χ3v) is 3.60. The zero-order valence-electron chi connectivity index (χ0n) is 13.9. The Hall–Kier alpha value is -1.06. The standard InChI is InChI=1S/C18H31NO2/c1-14(2)13-21-18-9-7-17(8-10-18)16(4)19-11-5-6-15(3)12-20/h7-10,14-16,19-20H,5-6,11-13H2,1-4H3. The van der Waals surface area contributed by atoms with Gasteiger partial charge in [0.05, 0.1) is 6.61 Å². The van der Waals surface area contributed by atoms with Crippen LogP contribution in [0.5, 0.6) is 5.75 Å². The maximum Gasteiger partial charge on any atom is 0.119 e. The first-order chi connectivity index (χ1) is 10.0. The van der Waals surface area contributed by atoms with Gasteiger partial charge in [0.25, 0.3) is 0 Å². The van der Waals surface area contributed by atoms with E-state index in [0.29, 0.717) is 17.9 Å². The first-order valence-electron chi connectivity index (χ1n) is 8.10. The highest BCUT2D eigenvalue weighted by Gasteiger charge is 2.06. The molecule has 0 bridgehead atoms. The zero-order valence-corrected chi connectivity index (χ0v) is 13.9. The Bertz CT molecular complexity index is 375. The number of rotatable bonds is 10. The van der Waals surface area contributed by atoms with Crippen LogP contribution in [0.15, 0.2) is 24.3 Å². The molecule has 0 amide bonds. The van der Waals surface area contributed by atoms with E-state index in [0.717, 1.165) is 31.7 Å². The Morgan fingerprint density at radius 3 is 2.33 bits per heavy atom. The summed E-state index contributed by atoms with van der Waals surface area (Å²) in [5, 5.41) is 12.5. The Balaban J connectivity index is 2.32. The van der Waals surface area contributed by atoms with Gasteiger partial charge in [-0.15, -0.1) is 0 Å². The van der Waals surface area contributed by atoms with Crippen molar-refractivity contribution < 1.29 is 9.84 Å². The number of aliphatic hydroxyl groups is 1. The van der Waals surface area contributed by atoms with Crippen LogP contribution in [0.25, 0.3) is 0 Å². The molecule has 3 nitrogen and oxygen atoms in total. The Kier molecular flexibility index (Phi) is 8.40. The van der Waals surface area contributed by atoms with Gasteiger partial charge in [0, 0.05) is 12.6 Å². The van der Waals surface area contributed by atoms with Crippen LogP contribution >= 0.6 is 0 Å². The van der Waals surface area contributed by atoms with Gasteiger partial charge in [0.1, 0.15) is 5.75 Å². The van der Waals surface area contributed by atoms with E-state index in [4.69, 9.17) is 9.84 Å². The van der Waals surface area contributed by atoms with E-state index in [1.54, 1.807) is 0 Å². The van der Waals surface area contributed by atoms with Gasteiger partial charge in [-0.2, -0.15) is 0 Å². The number of benzene rings is 1. The summed E-state index contributed by atoms with van der Waals surface area (Å²) in [6.45, 7) is 10.6. The third-order valence-electron chi connectivity index (χ3n) is 3.60. The molecule has 1 aromatic carbocycles. The largest absolute Gasteiger partial charge is 0.493 e. The number of hydrogen-bond donors (Lipinski definition) is 2. The summed E-state index contributed by atoms with van der Waals surface area (Å²) in [6.07, 6.45) is 2.17. The van der Waals surface area contributed by atoms with Crippen molar-refractivity contribution >= 4 is 0 Å². The van der Waals surface area contributed by atoms with Crippen molar-refractivity contribution in [2.45, 2.75) is 46.6 Å². The molecular formula is C18H31NO2. The fourth-order valence-corrected chi connectivity index (χ4v) is 2.09. The molecule has 1 rings (SSSR count). The zero-order chi connectivity index (χ0) is 15.7. The van der Waals surface area contributed by atoms with Gasteiger partial charge in [-0.1, -0.05) is 32.9 Å². The fourth-order valence-electron chi connectivity index (χ4n) is 2.09. The summed E-state index contributed by atoms with van der Waals surface area (Å²) in [5.41, 5.74) is 1.28. The summed E-state index contributed by atoms with van der Waals surface area (Å²) >= 11 is 0. The molecule has 1 aromatic rings. The van der Waals surface area contributed by atoms with Crippen LogP contribution in [0.4, 0.5) is 0 Å². The molecule has 0 heterocycles. The molecule has 2 unspecified atom stereocenters. The Labute approximate surface area is 129 Å². The molecular weight excluding hydrogens is 262 g/mol. The van der Waals surface area contributed by atoms with Crippen molar-refractivity contribution in [3.8, 4) is 5.75 Å². The minimum absolute atomic E-state index is 0.285. The lowest BCUT2D eigenvalue weighted by Crippen LogP contribution is -2.20. The van der Waals surface area contributed by atoms with Crippen molar-refractivity contribution in [1.82, 2.24) is 5.32 Å². The van der Waals surface area contributed by atoms with Crippen LogP contribution in [-0.2, 0) is 0 Å². The summed E-state index contributed by atoms with van der Waals surface area (Å²) in [6, 6.07) is 8.69. The van der Waals surface area contributed by atoms with Crippen LogP contribution in [0.1, 0.15) is 52.1 Å². The molecule has 0 aliphatic carbocycles. The second kappa shape index (κ2) is 9.80. The van der Waals surface area contributed by atoms with Crippen LogP contribution in [0.3, 0.4) is 0 Å². The first kappa shape index (κ1) is 18.0. The summed E-state index contributed by atoms with van der Waals surface area (Å²) in [4.78, 5) is 0. The van der Waals surface area contributed by atoms with E-state index < -0.39 is 0 Å². The van der Waals surface area contributed by atoms with Crippen LogP contribution in [0.2, 0.25) is 0 Å². The summed E-state index contributed by atoms with van der Waals surface area (Å²) in [7, 11) is 0. The fraction of sp³-hybridized carbons (Fsp3) is 0.667. The van der Waals surface area contributed by atoms with Gasteiger partial charge >= 0.3 is 0 Å². The van der Waals surface area contributed by atoms with Crippen LogP contribution in [-0.4, -0.2) is 24.9 Å². The van der Waals surface area contributed by atoms with Gasteiger partial charge in [0.2, 0.25) is 0 Å². The van der Waals surface area contributed by atoms with Crippen molar-refractivity contribution in [3.05, 3.63) is 29.8 Å². The normalized spacial score (nSPS) is 14.2. The molecule has 0 spiro atoms. The maximum atomic E-state index is 8.99. The molecule has 2 N–H and O–H groups in total. The van der Waals surface area contributed by atoms with Gasteiger partial charge in [0.15, 0.2) is 0 Å². The summed E-state index contributed by atoms with van der Waals surface area (Å²) < 4.78 is 5.70. The first-order valence-corrected chi connectivity index (χ1v) is 8.10. The quantitative estimate of drug-likeness (QED) is 0.645. The lowest BCUT2D eigenvalue weighted by Gasteiger charge is -2.16. The van der Waals surface area contributed by atoms with Crippen molar-refractivity contribution in [3.63, 3.8) is 0 Å². The van der Waals surface area contributed by atoms with Crippen molar-refractivity contribution in [2.24, 2.45) is 11.8 Å². The number of hydrogen-bond acceptors (Lipinski definition) is 3. The molecule has 0 radical (unpaired) electrons. The molecule has 21 heavy (non-hydrogen) atoms. The minimum atomic E-state index is 0.285. The number of ether oxygens (including phenoxy) is 1. The van der Waals surface area contributed by atoms with Gasteiger partial charge in [-0.05, 0) is 55.8 Å². The van der Waals surface area contributed by atoms with Gasteiger partial charge in [-0.25, -0.2) is 0 Å². The Morgan fingerprint density at radius 1 is 1.10 bits per heavy atom. The molecule has 0 aromatic heterocycles. The van der Waals surface area contributed by atoms with Crippen molar-refractivity contribution in [2.75, 3.05) is 19.8 Å². The molecule has 0 saturated carbocycles. The highest BCUT2D eigenvalue weighted by Crippen LogP contribution is 2.18. The molecule has 0 aliphatic heterocycles. The van der Waals surface area contributed by atoms with E-state index in [9.17, 15) is 0 Å². The average molecular weight is 293 g/mol. The maximum absolute atomic E-state index is 8.99. The van der Waals surface area contributed by atoms with E-state index in [1.165, 1.54) is 5.56 Å². The second-order valence-electron chi connectivity index (χ2n) is 6.38. The lowest BCUT2D eigenvalue weighted by atomic mass is 10.1. The van der Waals surface area contributed by atoms with Gasteiger partial charge in [-0.3, -0.25) is 0 Å². The van der Waals surface area contributed by atoms with E-state index in [1.807, 2.05) is 12.1 Å². The lowest BCUT2D eigenvalue weighted by molar-refractivity contribution is 0.227. The van der Waals surface area contributed by atoms with Crippen LogP contribution < -0.4 is 10.1 Å². The van der Waals surface area contributed by atoms with E-state index in [2.05, 4.69) is 45.1 Å². The smallest absolute Gasteiger partial charge is 0.119 e. The minimum Gasteiger partial charge on any atom is -0.493 e. The highest BCUT2D eigenvalue weighted by atomic mass is 16.5. The molecule has 0 saturated heterocycles. The molecule has 0 aliphatic rings. The van der Waals surface area contributed by atoms with Crippen molar-refractivity contribution in [1.29, 1.82) is 0 Å². The predicted molar refractivity (Wildman–Crippen MR) is 88.7 cm³/mol. The molecule has 3 heteroatoms. The molecule has 2 atom stereocenters. The number of nitrogens with one attached hydrogen (secondary N) is 1. The summed E-state index contributed by atoms with van der Waals surface area (Å²) in [5.74, 6) is 1.89. The van der Waals surface area contributed by atoms with E-state index in [-0.39, 0.29) is 6.61 Å². The van der Waals surface area contributed by atoms with Gasteiger partial charge < -0.3 is 15.2 Å². The molecule has 120 valence electrons. The average Bonchev–Trinajstić information content (AvgIpc) is 2.49. The van der Waals surface area contributed by atoms with E-state index >= 15 is 0 Å². The predicted octanol–water partition coefficient (Wildman–Crippen LogP) is 3.78. The second-order valence-corrected chi connectivity index (χ2v) is 6.38. The topological polar surface area (TPSA) is 41.5 Å².